The lowest BCUT2D eigenvalue weighted by atomic mass is 10.2. The van der Waals surface area contributed by atoms with Crippen LogP contribution in [0.15, 0.2) is 10.9 Å². The number of nitrogens with one attached hydrogen (secondary N) is 1. The van der Waals surface area contributed by atoms with E-state index in [1.807, 2.05) is 13.8 Å². The molecule has 20 heavy (non-hydrogen) atoms. The van der Waals surface area contributed by atoms with Gasteiger partial charge in [-0.2, -0.15) is 4.98 Å². The highest BCUT2D eigenvalue weighted by atomic mass is 17.0. The number of carbonyl (C=O) groups is 1. The third kappa shape index (κ3) is 4.63. The maximum absolute atomic E-state index is 11.8. The van der Waals surface area contributed by atoms with Gasteiger partial charge in [-0.05, 0) is 19.1 Å². The SMILES string of the molecule is CCON(OCC)C(=O)Oc1cc(=O)[nH]c(C(C)C)n1. The van der Waals surface area contributed by atoms with Crippen molar-refractivity contribution >= 4 is 6.09 Å². The maximum atomic E-state index is 11.8. The molecule has 1 rings (SSSR count). The Bertz CT molecular complexity index is 494. The zero-order valence-corrected chi connectivity index (χ0v) is 12.0. The summed E-state index contributed by atoms with van der Waals surface area (Å²) in [6.45, 7) is 7.57. The molecule has 0 unspecified atom stereocenters. The standard InChI is InChI=1S/C12H19N3O5/c1-5-18-15(19-6-2)12(17)20-10-7-9(16)13-11(14-10)8(3)4/h7-8H,5-6H2,1-4H3,(H,13,14,16). The Labute approximate surface area is 116 Å². The third-order valence-corrected chi connectivity index (χ3v) is 2.12. The summed E-state index contributed by atoms with van der Waals surface area (Å²) in [7, 11) is 0. The number of hydrogen-bond acceptors (Lipinski definition) is 6. The van der Waals surface area contributed by atoms with Gasteiger partial charge in [-0.3, -0.25) is 4.79 Å². The normalized spacial score (nSPS) is 10.7. The van der Waals surface area contributed by atoms with Crippen LogP contribution in [0.4, 0.5) is 4.79 Å². The highest BCUT2D eigenvalue weighted by Gasteiger charge is 2.19. The van der Waals surface area contributed by atoms with Crippen molar-refractivity contribution in [3.8, 4) is 5.88 Å². The van der Waals surface area contributed by atoms with Crippen molar-refractivity contribution < 1.29 is 19.2 Å². The molecule has 0 bridgehead atoms. The number of amides is 1. The maximum Gasteiger partial charge on any atom is 0.466 e. The Morgan fingerprint density at radius 3 is 2.45 bits per heavy atom. The Morgan fingerprint density at radius 2 is 1.95 bits per heavy atom. The summed E-state index contributed by atoms with van der Waals surface area (Å²) in [4.78, 5) is 39.7. The fraction of sp³-hybridized carbons (Fsp3) is 0.583. The first kappa shape index (κ1) is 16.1. The molecule has 0 aliphatic rings. The van der Waals surface area contributed by atoms with E-state index in [2.05, 4.69) is 9.97 Å². The molecule has 1 aromatic heterocycles. The fourth-order valence-electron chi connectivity index (χ4n) is 1.28. The molecule has 1 N–H and O–H groups in total. The number of H-pyrrole nitrogens is 1. The second-order valence-electron chi connectivity index (χ2n) is 4.08. The summed E-state index contributed by atoms with van der Waals surface area (Å²) < 4.78 is 4.96. The van der Waals surface area contributed by atoms with E-state index in [4.69, 9.17) is 14.4 Å². The molecule has 0 aliphatic carbocycles. The first-order valence-corrected chi connectivity index (χ1v) is 6.36. The summed E-state index contributed by atoms with van der Waals surface area (Å²) in [5.74, 6) is 0.322. The van der Waals surface area contributed by atoms with Gasteiger partial charge >= 0.3 is 6.09 Å². The Morgan fingerprint density at radius 1 is 1.35 bits per heavy atom. The minimum absolute atomic E-state index is 0.00348. The zero-order valence-electron chi connectivity index (χ0n) is 12.0. The first-order chi connectivity index (χ1) is 9.47. The van der Waals surface area contributed by atoms with Crippen LogP contribution in [0.1, 0.15) is 39.4 Å². The predicted octanol–water partition coefficient (Wildman–Crippen LogP) is 1.60. The van der Waals surface area contributed by atoms with Crippen LogP contribution < -0.4 is 10.3 Å². The van der Waals surface area contributed by atoms with Crippen LogP contribution in [0.2, 0.25) is 0 Å². The molecule has 0 aliphatic heterocycles. The van der Waals surface area contributed by atoms with E-state index >= 15 is 0 Å². The Kier molecular flexibility index (Phi) is 6.13. The highest BCUT2D eigenvalue weighted by Crippen LogP contribution is 2.11. The summed E-state index contributed by atoms with van der Waals surface area (Å²) >= 11 is 0. The fourth-order valence-corrected chi connectivity index (χ4v) is 1.28. The van der Waals surface area contributed by atoms with Gasteiger partial charge in [-0.1, -0.05) is 13.8 Å². The molecule has 0 fully saturated rings. The molecular weight excluding hydrogens is 266 g/mol. The minimum Gasteiger partial charge on any atom is -0.388 e. The average molecular weight is 285 g/mol. The van der Waals surface area contributed by atoms with Gasteiger partial charge < -0.3 is 9.72 Å². The molecule has 0 spiro atoms. The quantitative estimate of drug-likeness (QED) is 0.798. The molecule has 0 saturated heterocycles. The van der Waals surface area contributed by atoms with E-state index < -0.39 is 11.7 Å². The van der Waals surface area contributed by atoms with Gasteiger partial charge in [-0.25, -0.2) is 14.5 Å². The van der Waals surface area contributed by atoms with Crippen molar-refractivity contribution in [2.45, 2.75) is 33.6 Å². The molecule has 0 aromatic carbocycles. The van der Waals surface area contributed by atoms with Crippen molar-refractivity contribution in [2.75, 3.05) is 13.2 Å². The van der Waals surface area contributed by atoms with Crippen molar-refractivity contribution in [3.63, 3.8) is 0 Å². The molecule has 1 heterocycles. The second kappa shape index (κ2) is 7.61. The molecular formula is C12H19N3O5. The van der Waals surface area contributed by atoms with Crippen molar-refractivity contribution in [3.05, 3.63) is 22.2 Å². The van der Waals surface area contributed by atoms with Crippen LogP contribution in [-0.4, -0.2) is 34.5 Å². The number of hydrogen-bond donors (Lipinski definition) is 1. The summed E-state index contributed by atoms with van der Waals surface area (Å²) in [5, 5.41) is 0.623. The smallest absolute Gasteiger partial charge is 0.388 e. The third-order valence-electron chi connectivity index (χ3n) is 2.12. The number of hydroxylamine groups is 2. The van der Waals surface area contributed by atoms with E-state index in [9.17, 15) is 9.59 Å². The van der Waals surface area contributed by atoms with E-state index in [0.29, 0.717) is 11.1 Å². The molecule has 8 heteroatoms. The number of aromatic amines is 1. The monoisotopic (exact) mass is 285 g/mol. The number of rotatable bonds is 6. The summed E-state index contributed by atoms with van der Waals surface area (Å²) in [6, 6.07) is 1.08. The van der Waals surface area contributed by atoms with Gasteiger partial charge in [0.1, 0.15) is 5.82 Å². The van der Waals surface area contributed by atoms with Crippen LogP contribution >= 0.6 is 0 Å². The molecule has 8 nitrogen and oxygen atoms in total. The zero-order chi connectivity index (χ0) is 15.1. The van der Waals surface area contributed by atoms with E-state index in [1.165, 1.54) is 0 Å². The van der Waals surface area contributed by atoms with Crippen molar-refractivity contribution in [2.24, 2.45) is 0 Å². The van der Waals surface area contributed by atoms with Crippen LogP contribution in [0.3, 0.4) is 0 Å². The number of nitrogens with zero attached hydrogens (tertiary/aromatic N) is 2. The van der Waals surface area contributed by atoms with E-state index in [0.717, 1.165) is 6.07 Å². The van der Waals surface area contributed by atoms with Gasteiger partial charge in [0, 0.05) is 5.92 Å². The predicted molar refractivity (Wildman–Crippen MR) is 70.1 cm³/mol. The molecule has 1 aromatic rings. The molecule has 112 valence electrons. The van der Waals surface area contributed by atoms with Crippen LogP contribution in [-0.2, 0) is 9.68 Å². The summed E-state index contributed by atoms with van der Waals surface area (Å²) in [5.41, 5.74) is -0.397. The van der Waals surface area contributed by atoms with Crippen LogP contribution in [0.25, 0.3) is 0 Å². The summed E-state index contributed by atoms with van der Waals surface area (Å²) in [6.07, 6.45) is -0.901. The van der Waals surface area contributed by atoms with Crippen molar-refractivity contribution in [1.82, 2.24) is 15.2 Å². The van der Waals surface area contributed by atoms with E-state index in [1.54, 1.807) is 13.8 Å². The lowest BCUT2D eigenvalue weighted by molar-refractivity contribution is -0.329. The average Bonchev–Trinajstić information content (AvgIpc) is 2.37. The number of ether oxygens (including phenoxy) is 1. The van der Waals surface area contributed by atoms with Gasteiger partial charge in [-0.15, -0.1) is 0 Å². The molecule has 1 amide bonds. The van der Waals surface area contributed by atoms with Gasteiger partial charge in [0.25, 0.3) is 5.56 Å². The lowest BCUT2D eigenvalue weighted by Crippen LogP contribution is -2.34. The molecule has 0 saturated carbocycles. The largest absolute Gasteiger partial charge is 0.466 e. The van der Waals surface area contributed by atoms with Gasteiger partial charge in [0.15, 0.2) is 0 Å². The molecule has 0 radical (unpaired) electrons. The Balaban J connectivity index is 2.86. The topological polar surface area (TPSA) is 93.7 Å². The van der Waals surface area contributed by atoms with Crippen molar-refractivity contribution in [1.29, 1.82) is 0 Å². The van der Waals surface area contributed by atoms with E-state index in [-0.39, 0.29) is 25.0 Å². The lowest BCUT2D eigenvalue weighted by Gasteiger charge is -2.18. The highest BCUT2D eigenvalue weighted by molar-refractivity contribution is 5.67. The Hall–Kier alpha value is -1.93. The van der Waals surface area contributed by atoms with Crippen LogP contribution in [0.5, 0.6) is 5.88 Å². The minimum atomic E-state index is -0.901. The van der Waals surface area contributed by atoms with Gasteiger partial charge in [0.05, 0.1) is 19.3 Å². The molecule has 0 atom stereocenters. The van der Waals surface area contributed by atoms with Crippen LogP contribution in [0, 0.1) is 0 Å². The van der Waals surface area contributed by atoms with Gasteiger partial charge in [0.2, 0.25) is 5.88 Å². The number of aromatic nitrogens is 2. The number of carbonyl (C=O) groups excluding carboxylic acids is 1. The second-order valence-corrected chi connectivity index (χ2v) is 4.08. The first-order valence-electron chi connectivity index (χ1n) is 6.36.